The van der Waals surface area contributed by atoms with Gasteiger partial charge in [-0.25, -0.2) is 0 Å². The van der Waals surface area contributed by atoms with Crippen molar-refractivity contribution in [2.24, 2.45) is 0 Å². The maximum Gasteiger partial charge on any atom is 0.0496 e. The SMILES string of the molecule is Nc1cc(Br)ccc1Cn1ccc2ccccc21. The third-order valence-corrected chi connectivity index (χ3v) is 3.62. The van der Waals surface area contributed by atoms with Crippen LogP contribution in [0.1, 0.15) is 5.56 Å². The number of halogens is 1. The van der Waals surface area contributed by atoms with Crippen molar-refractivity contribution >= 4 is 32.5 Å². The van der Waals surface area contributed by atoms with Gasteiger partial charge in [-0.3, -0.25) is 0 Å². The molecule has 0 atom stereocenters. The van der Waals surface area contributed by atoms with Crippen LogP contribution in [0.4, 0.5) is 5.69 Å². The van der Waals surface area contributed by atoms with Gasteiger partial charge in [-0.05, 0) is 35.2 Å². The molecule has 1 aromatic heterocycles. The van der Waals surface area contributed by atoms with Crippen LogP contribution < -0.4 is 5.73 Å². The summed E-state index contributed by atoms with van der Waals surface area (Å²) in [5.74, 6) is 0. The molecule has 0 saturated heterocycles. The molecule has 0 aliphatic heterocycles. The average Bonchev–Trinajstić information content (AvgIpc) is 2.76. The smallest absolute Gasteiger partial charge is 0.0496 e. The number of nitrogens with zero attached hydrogens (tertiary/aromatic N) is 1. The summed E-state index contributed by atoms with van der Waals surface area (Å²) in [4.78, 5) is 0. The number of anilines is 1. The number of rotatable bonds is 2. The second kappa shape index (κ2) is 4.50. The van der Waals surface area contributed by atoms with E-state index in [-0.39, 0.29) is 0 Å². The van der Waals surface area contributed by atoms with Crippen LogP contribution in [0, 0.1) is 0 Å². The van der Waals surface area contributed by atoms with E-state index in [1.807, 2.05) is 12.1 Å². The molecule has 0 fully saturated rings. The van der Waals surface area contributed by atoms with Gasteiger partial charge in [0, 0.05) is 28.4 Å². The van der Waals surface area contributed by atoms with Crippen molar-refractivity contribution < 1.29 is 0 Å². The first-order chi connectivity index (χ1) is 8.74. The molecule has 3 heteroatoms. The molecule has 18 heavy (non-hydrogen) atoms. The molecule has 3 aromatic rings. The van der Waals surface area contributed by atoms with Gasteiger partial charge in [-0.1, -0.05) is 40.2 Å². The summed E-state index contributed by atoms with van der Waals surface area (Å²) in [5.41, 5.74) is 9.23. The van der Waals surface area contributed by atoms with Gasteiger partial charge in [0.25, 0.3) is 0 Å². The zero-order valence-electron chi connectivity index (χ0n) is 9.81. The van der Waals surface area contributed by atoms with E-state index in [2.05, 4.69) is 63.1 Å². The minimum Gasteiger partial charge on any atom is -0.398 e. The topological polar surface area (TPSA) is 30.9 Å². The van der Waals surface area contributed by atoms with E-state index in [4.69, 9.17) is 5.73 Å². The number of para-hydroxylation sites is 1. The fraction of sp³-hybridized carbons (Fsp3) is 0.0667. The highest BCUT2D eigenvalue weighted by Crippen LogP contribution is 2.22. The Balaban J connectivity index is 2.01. The molecular formula is C15H13BrN2. The van der Waals surface area contributed by atoms with Crippen LogP contribution in [-0.4, -0.2) is 4.57 Å². The maximum absolute atomic E-state index is 6.04. The Labute approximate surface area is 114 Å². The Bertz CT molecular complexity index is 701. The van der Waals surface area contributed by atoms with Crippen LogP contribution in [0.2, 0.25) is 0 Å². The lowest BCUT2D eigenvalue weighted by molar-refractivity contribution is 0.839. The number of benzene rings is 2. The largest absolute Gasteiger partial charge is 0.398 e. The lowest BCUT2D eigenvalue weighted by atomic mass is 10.2. The van der Waals surface area contributed by atoms with Crippen molar-refractivity contribution in [3.8, 4) is 0 Å². The van der Waals surface area contributed by atoms with E-state index >= 15 is 0 Å². The van der Waals surface area contributed by atoms with E-state index < -0.39 is 0 Å². The first kappa shape index (κ1) is 11.4. The third kappa shape index (κ3) is 2.02. The van der Waals surface area contributed by atoms with Gasteiger partial charge >= 0.3 is 0 Å². The van der Waals surface area contributed by atoms with Crippen molar-refractivity contribution in [3.05, 3.63) is 64.8 Å². The lowest BCUT2D eigenvalue weighted by Crippen LogP contribution is -2.01. The van der Waals surface area contributed by atoms with Crippen LogP contribution in [0.25, 0.3) is 10.9 Å². The number of fused-ring (bicyclic) bond motifs is 1. The van der Waals surface area contributed by atoms with Crippen molar-refractivity contribution in [3.63, 3.8) is 0 Å². The highest BCUT2D eigenvalue weighted by Gasteiger charge is 2.04. The lowest BCUT2D eigenvalue weighted by Gasteiger charge is -2.09. The summed E-state index contributed by atoms with van der Waals surface area (Å²) in [6, 6.07) is 16.5. The maximum atomic E-state index is 6.04. The Hall–Kier alpha value is -1.74. The Kier molecular flexibility index (Phi) is 2.84. The monoisotopic (exact) mass is 300 g/mol. The Morgan fingerprint density at radius 3 is 2.72 bits per heavy atom. The van der Waals surface area contributed by atoms with Crippen molar-refractivity contribution in [2.45, 2.75) is 6.54 Å². The summed E-state index contributed by atoms with van der Waals surface area (Å²) in [6.45, 7) is 0.798. The molecule has 2 aromatic carbocycles. The standard InChI is InChI=1S/C15H13BrN2/c16-13-6-5-12(14(17)9-13)10-18-8-7-11-3-1-2-4-15(11)18/h1-9H,10,17H2. The van der Waals surface area contributed by atoms with Crippen LogP contribution in [0.15, 0.2) is 59.2 Å². The first-order valence-electron chi connectivity index (χ1n) is 5.82. The Morgan fingerprint density at radius 1 is 1.06 bits per heavy atom. The molecule has 2 nitrogen and oxygen atoms in total. The van der Waals surface area contributed by atoms with Crippen molar-refractivity contribution in [1.29, 1.82) is 0 Å². The second-order valence-electron chi connectivity index (χ2n) is 4.35. The molecule has 0 spiro atoms. The van der Waals surface area contributed by atoms with E-state index in [0.29, 0.717) is 0 Å². The molecule has 90 valence electrons. The van der Waals surface area contributed by atoms with E-state index in [9.17, 15) is 0 Å². The van der Waals surface area contributed by atoms with Crippen LogP contribution in [-0.2, 0) is 6.54 Å². The van der Waals surface area contributed by atoms with E-state index in [0.717, 1.165) is 22.3 Å². The molecule has 1 heterocycles. The van der Waals surface area contributed by atoms with Crippen molar-refractivity contribution in [2.75, 3.05) is 5.73 Å². The number of hydrogen-bond acceptors (Lipinski definition) is 1. The molecule has 0 aliphatic rings. The second-order valence-corrected chi connectivity index (χ2v) is 5.26. The molecule has 3 rings (SSSR count). The highest BCUT2D eigenvalue weighted by atomic mass is 79.9. The predicted molar refractivity (Wildman–Crippen MR) is 79.6 cm³/mol. The predicted octanol–water partition coefficient (Wildman–Crippen LogP) is 4.03. The summed E-state index contributed by atoms with van der Waals surface area (Å²) in [7, 11) is 0. The average molecular weight is 301 g/mol. The summed E-state index contributed by atoms with van der Waals surface area (Å²) < 4.78 is 3.23. The minimum atomic E-state index is 0.798. The van der Waals surface area contributed by atoms with E-state index in [1.165, 1.54) is 10.9 Å². The number of aromatic nitrogens is 1. The van der Waals surface area contributed by atoms with Crippen LogP contribution >= 0.6 is 15.9 Å². The number of nitrogens with two attached hydrogens (primary N) is 1. The summed E-state index contributed by atoms with van der Waals surface area (Å²) in [6.07, 6.45) is 2.10. The number of nitrogen functional groups attached to an aromatic ring is 1. The van der Waals surface area contributed by atoms with Gasteiger partial charge in [-0.2, -0.15) is 0 Å². The summed E-state index contributed by atoms with van der Waals surface area (Å²) >= 11 is 3.43. The fourth-order valence-corrected chi connectivity index (χ4v) is 2.55. The van der Waals surface area contributed by atoms with Gasteiger partial charge in [0.1, 0.15) is 0 Å². The third-order valence-electron chi connectivity index (χ3n) is 3.13. The minimum absolute atomic E-state index is 0.798. The quantitative estimate of drug-likeness (QED) is 0.712. The number of hydrogen-bond donors (Lipinski definition) is 1. The molecule has 2 N–H and O–H groups in total. The first-order valence-corrected chi connectivity index (χ1v) is 6.61. The molecule has 0 unspecified atom stereocenters. The van der Waals surface area contributed by atoms with Gasteiger partial charge in [0.05, 0.1) is 0 Å². The fourth-order valence-electron chi connectivity index (χ4n) is 2.17. The molecule has 0 bridgehead atoms. The molecule has 0 aliphatic carbocycles. The molecule has 0 amide bonds. The van der Waals surface area contributed by atoms with Gasteiger partial charge in [0.15, 0.2) is 0 Å². The summed E-state index contributed by atoms with van der Waals surface area (Å²) in [5, 5.41) is 1.26. The molecule has 0 radical (unpaired) electrons. The van der Waals surface area contributed by atoms with Crippen LogP contribution in [0.3, 0.4) is 0 Å². The normalized spacial score (nSPS) is 10.9. The zero-order chi connectivity index (χ0) is 12.5. The Morgan fingerprint density at radius 2 is 1.89 bits per heavy atom. The highest BCUT2D eigenvalue weighted by molar-refractivity contribution is 9.10. The zero-order valence-corrected chi connectivity index (χ0v) is 11.4. The van der Waals surface area contributed by atoms with Gasteiger partial charge < -0.3 is 10.3 Å². The van der Waals surface area contributed by atoms with Crippen molar-refractivity contribution in [1.82, 2.24) is 4.57 Å². The molecular weight excluding hydrogens is 288 g/mol. The molecule has 0 saturated carbocycles. The van der Waals surface area contributed by atoms with E-state index in [1.54, 1.807) is 0 Å². The van der Waals surface area contributed by atoms with Crippen LogP contribution in [0.5, 0.6) is 0 Å². The van der Waals surface area contributed by atoms with Gasteiger partial charge in [-0.15, -0.1) is 0 Å². The van der Waals surface area contributed by atoms with Gasteiger partial charge in [0.2, 0.25) is 0 Å².